The molecule has 0 aliphatic heterocycles. The molecule has 0 radical (unpaired) electrons. The summed E-state index contributed by atoms with van der Waals surface area (Å²) >= 11 is 0. The number of nitrogen functional groups attached to an aromatic ring is 1. The summed E-state index contributed by atoms with van der Waals surface area (Å²) in [6.45, 7) is 6.99. The van der Waals surface area contributed by atoms with Crippen LogP contribution in [0.3, 0.4) is 0 Å². The lowest BCUT2D eigenvalue weighted by molar-refractivity contribution is 0.671. The van der Waals surface area contributed by atoms with Gasteiger partial charge in [0.2, 0.25) is 0 Å². The molecule has 1 heterocycles. The van der Waals surface area contributed by atoms with Crippen LogP contribution in [0.15, 0.2) is 35.4 Å². The van der Waals surface area contributed by atoms with Crippen molar-refractivity contribution in [3.05, 3.63) is 36.1 Å². The van der Waals surface area contributed by atoms with Crippen LogP contribution >= 0.6 is 0 Å². The Morgan fingerprint density at radius 3 is 2.83 bits per heavy atom. The highest BCUT2D eigenvalue weighted by molar-refractivity contribution is 5.80. The lowest BCUT2D eigenvalue weighted by Gasteiger charge is -2.03. The average Bonchev–Trinajstić information content (AvgIpc) is 2.68. The Morgan fingerprint density at radius 1 is 1.61 bits per heavy atom. The molecule has 0 spiro atoms. The van der Waals surface area contributed by atoms with E-state index in [1.165, 1.54) is 17.8 Å². The summed E-state index contributed by atoms with van der Waals surface area (Å²) in [4.78, 5) is 3.85. The molecule has 4 N–H and O–H groups in total. The standard InChI is InChI=1S/C12H16FN5/c1-4-5-12-11(15)7-17-18(12)9(3)16-6-10(13)8(2)14/h4-7H,3,14-15H2,1-2H3/b5-4-,10-8-,16-6?. The summed E-state index contributed by atoms with van der Waals surface area (Å²) < 4.78 is 14.6. The Balaban J connectivity index is 3.02. The van der Waals surface area contributed by atoms with E-state index in [1.807, 2.05) is 13.0 Å². The maximum Gasteiger partial charge on any atom is 0.159 e. The van der Waals surface area contributed by atoms with E-state index in [-0.39, 0.29) is 11.5 Å². The highest BCUT2D eigenvalue weighted by Gasteiger charge is 2.07. The summed E-state index contributed by atoms with van der Waals surface area (Å²) in [5, 5.41) is 4.01. The van der Waals surface area contributed by atoms with Gasteiger partial charge in [0.1, 0.15) is 5.82 Å². The molecule has 0 bridgehead atoms. The topological polar surface area (TPSA) is 82.2 Å². The Kier molecular flexibility index (Phi) is 4.42. The van der Waals surface area contributed by atoms with Gasteiger partial charge in [-0.2, -0.15) is 5.10 Å². The third-order valence-corrected chi connectivity index (χ3v) is 2.11. The smallest absolute Gasteiger partial charge is 0.159 e. The van der Waals surface area contributed by atoms with Crippen molar-refractivity contribution in [3.8, 4) is 0 Å². The minimum Gasteiger partial charge on any atom is -0.400 e. The predicted molar refractivity (Wildman–Crippen MR) is 73.2 cm³/mol. The van der Waals surface area contributed by atoms with Crippen molar-refractivity contribution in [1.29, 1.82) is 0 Å². The van der Waals surface area contributed by atoms with Gasteiger partial charge in [-0.25, -0.2) is 14.1 Å². The van der Waals surface area contributed by atoms with E-state index in [0.717, 1.165) is 6.21 Å². The van der Waals surface area contributed by atoms with Gasteiger partial charge in [0.15, 0.2) is 5.83 Å². The lowest BCUT2D eigenvalue weighted by Crippen LogP contribution is -2.01. The van der Waals surface area contributed by atoms with Gasteiger partial charge in [0.05, 0.1) is 23.8 Å². The number of aliphatic imine (C=N–C) groups is 1. The van der Waals surface area contributed by atoms with Crippen LogP contribution in [0.25, 0.3) is 11.9 Å². The van der Waals surface area contributed by atoms with E-state index in [1.54, 1.807) is 6.08 Å². The first-order valence-electron chi connectivity index (χ1n) is 5.28. The fraction of sp³-hybridized carbons (Fsp3) is 0.167. The summed E-state index contributed by atoms with van der Waals surface area (Å²) in [6.07, 6.45) is 6.06. The molecule has 0 saturated carbocycles. The van der Waals surface area contributed by atoms with E-state index < -0.39 is 5.83 Å². The number of nitrogens with zero attached hydrogens (tertiary/aromatic N) is 3. The number of hydrogen-bond donors (Lipinski definition) is 2. The summed E-state index contributed by atoms with van der Waals surface area (Å²) in [5.74, 6) is -0.361. The number of halogens is 1. The molecule has 0 saturated heterocycles. The number of anilines is 1. The van der Waals surface area contributed by atoms with Crippen LogP contribution in [0.5, 0.6) is 0 Å². The Labute approximate surface area is 105 Å². The van der Waals surface area contributed by atoms with Crippen molar-refractivity contribution < 1.29 is 4.39 Å². The van der Waals surface area contributed by atoms with Gasteiger partial charge in [0.25, 0.3) is 0 Å². The highest BCUT2D eigenvalue weighted by Crippen LogP contribution is 2.17. The second-order valence-electron chi connectivity index (χ2n) is 3.60. The second-order valence-corrected chi connectivity index (χ2v) is 3.60. The minimum atomic E-state index is -0.608. The summed E-state index contributed by atoms with van der Waals surface area (Å²) in [6, 6.07) is 0. The summed E-state index contributed by atoms with van der Waals surface area (Å²) in [5.41, 5.74) is 12.2. The number of rotatable bonds is 4. The zero-order chi connectivity index (χ0) is 13.7. The molecule has 5 nitrogen and oxygen atoms in total. The molecule has 0 aromatic carbocycles. The average molecular weight is 249 g/mol. The van der Waals surface area contributed by atoms with Crippen LogP contribution in [0.4, 0.5) is 10.1 Å². The molecule has 1 rings (SSSR count). The third-order valence-electron chi connectivity index (χ3n) is 2.11. The second kappa shape index (κ2) is 5.81. The third kappa shape index (κ3) is 3.07. The van der Waals surface area contributed by atoms with Crippen molar-refractivity contribution in [1.82, 2.24) is 9.78 Å². The molecule has 1 aromatic rings. The van der Waals surface area contributed by atoms with Crippen molar-refractivity contribution >= 4 is 23.8 Å². The molecule has 96 valence electrons. The van der Waals surface area contributed by atoms with Gasteiger partial charge in [-0.15, -0.1) is 0 Å². The largest absolute Gasteiger partial charge is 0.400 e. The molecule has 0 atom stereocenters. The van der Waals surface area contributed by atoms with Crippen LogP contribution in [0, 0.1) is 0 Å². The monoisotopic (exact) mass is 249 g/mol. The molecule has 1 aromatic heterocycles. The van der Waals surface area contributed by atoms with E-state index in [9.17, 15) is 4.39 Å². The molecule has 0 unspecified atom stereocenters. The number of nitrogens with two attached hydrogens (primary N) is 2. The Morgan fingerprint density at radius 2 is 2.28 bits per heavy atom. The van der Waals surface area contributed by atoms with Gasteiger partial charge in [-0.05, 0) is 19.9 Å². The van der Waals surface area contributed by atoms with Crippen LogP contribution in [-0.2, 0) is 0 Å². The molecule has 6 heteroatoms. The maximum atomic E-state index is 13.2. The molecule has 0 amide bonds. The first-order valence-corrected chi connectivity index (χ1v) is 5.28. The van der Waals surface area contributed by atoms with Gasteiger partial charge in [0, 0.05) is 5.70 Å². The maximum absolute atomic E-state index is 13.2. The van der Waals surface area contributed by atoms with E-state index in [0.29, 0.717) is 11.4 Å². The van der Waals surface area contributed by atoms with Crippen molar-refractivity contribution in [2.75, 3.05) is 5.73 Å². The first kappa shape index (κ1) is 13.7. The fourth-order valence-corrected chi connectivity index (χ4v) is 1.19. The van der Waals surface area contributed by atoms with E-state index in [4.69, 9.17) is 11.5 Å². The molecular formula is C12H16FN5. The predicted octanol–water partition coefficient (Wildman–Crippen LogP) is 2.16. The summed E-state index contributed by atoms with van der Waals surface area (Å²) in [7, 11) is 0. The zero-order valence-corrected chi connectivity index (χ0v) is 10.4. The lowest BCUT2D eigenvalue weighted by atomic mass is 10.3. The number of allylic oxidation sites excluding steroid dienone is 3. The van der Waals surface area contributed by atoms with Crippen molar-refractivity contribution in [2.45, 2.75) is 13.8 Å². The zero-order valence-electron chi connectivity index (χ0n) is 10.4. The van der Waals surface area contributed by atoms with Crippen LogP contribution in [0.2, 0.25) is 0 Å². The fourth-order valence-electron chi connectivity index (χ4n) is 1.19. The van der Waals surface area contributed by atoms with Crippen LogP contribution in [-0.4, -0.2) is 16.0 Å². The normalized spacial score (nSPS) is 13.3. The number of aromatic nitrogens is 2. The molecule has 0 aliphatic carbocycles. The van der Waals surface area contributed by atoms with Crippen LogP contribution < -0.4 is 11.5 Å². The molecule has 0 aliphatic rings. The van der Waals surface area contributed by atoms with E-state index >= 15 is 0 Å². The molecular weight excluding hydrogens is 233 g/mol. The molecule has 0 fully saturated rings. The van der Waals surface area contributed by atoms with Gasteiger partial charge in [-0.3, -0.25) is 0 Å². The van der Waals surface area contributed by atoms with Crippen LogP contribution in [0.1, 0.15) is 19.5 Å². The van der Waals surface area contributed by atoms with Gasteiger partial charge < -0.3 is 11.5 Å². The quantitative estimate of drug-likeness (QED) is 0.802. The SMILES string of the molecule is C=C(N=C/C(F)=C(\C)N)n1ncc(N)c1/C=C\C. The Hall–Kier alpha value is -2.37. The van der Waals surface area contributed by atoms with Crippen molar-refractivity contribution in [3.63, 3.8) is 0 Å². The van der Waals surface area contributed by atoms with Crippen molar-refractivity contribution in [2.24, 2.45) is 10.7 Å². The van der Waals surface area contributed by atoms with Gasteiger partial charge >= 0.3 is 0 Å². The minimum absolute atomic E-state index is 0.0557. The van der Waals surface area contributed by atoms with Gasteiger partial charge in [-0.1, -0.05) is 12.7 Å². The molecule has 18 heavy (non-hydrogen) atoms. The highest BCUT2D eigenvalue weighted by atomic mass is 19.1. The van der Waals surface area contributed by atoms with E-state index in [2.05, 4.69) is 16.7 Å². The number of hydrogen-bond acceptors (Lipinski definition) is 4. The Bertz CT molecular complexity index is 533. The first-order chi connectivity index (χ1) is 8.47.